The maximum atomic E-state index is 13.0. The fourth-order valence-electron chi connectivity index (χ4n) is 3.30. The van der Waals surface area contributed by atoms with Gasteiger partial charge in [-0.1, -0.05) is 47.0 Å². The summed E-state index contributed by atoms with van der Waals surface area (Å²) in [4.78, 5) is 14.9. The quantitative estimate of drug-likeness (QED) is 0.824. The monoisotopic (exact) mass is 352 g/mol. The number of allylic oxidation sites excluding steroid dienone is 7. The number of carbonyl (C=O) groups excluding carboxylic acids is 1. The van der Waals surface area contributed by atoms with Gasteiger partial charge in [-0.25, -0.2) is 0 Å². The Morgan fingerprint density at radius 1 is 1.26 bits per heavy atom. The third-order valence-corrected chi connectivity index (χ3v) is 5.41. The first-order chi connectivity index (χ1) is 11.1. The molecule has 5 heteroatoms. The minimum Gasteiger partial charge on any atom is -0.315 e. The lowest BCUT2D eigenvalue weighted by Gasteiger charge is -2.29. The van der Waals surface area contributed by atoms with Crippen LogP contribution in [-0.4, -0.2) is 29.9 Å². The van der Waals surface area contributed by atoms with Crippen molar-refractivity contribution < 1.29 is 4.79 Å². The van der Waals surface area contributed by atoms with Gasteiger partial charge in [0.25, 0.3) is 0 Å². The van der Waals surface area contributed by atoms with Crippen molar-refractivity contribution >= 4 is 29.1 Å². The first kappa shape index (κ1) is 16.8. The van der Waals surface area contributed by atoms with Crippen LogP contribution in [0, 0.1) is 0 Å². The van der Waals surface area contributed by atoms with Gasteiger partial charge in [0, 0.05) is 17.3 Å². The number of amides is 1. The van der Waals surface area contributed by atoms with Crippen molar-refractivity contribution in [2.24, 2.45) is 0 Å². The topological polar surface area (TPSA) is 32.3 Å². The molecule has 3 nitrogen and oxygen atoms in total. The fourth-order valence-corrected chi connectivity index (χ4v) is 3.66. The zero-order valence-electron chi connectivity index (χ0n) is 13.2. The number of halogens is 2. The van der Waals surface area contributed by atoms with Crippen LogP contribution in [0.25, 0.3) is 0 Å². The average molecular weight is 353 g/mol. The van der Waals surface area contributed by atoms with Gasteiger partial charge in [0.05, 0.1) is 11.1 Å². The molecule has 0 spiro atoms. The molecule has 0 radical (unpaired) electrons. The highest BCUT2D eigenvalue weighted by molar-refractivity contribution is 6.40. The minimum absolute atomic E-state index is 0.142. The van der Waals surface area contributed by atoms with Crippen molar-refractivity contribution in [1.82, 2.24) is 10.2 Å². The van der Waals surface area contributed by atoms with E-state index in [-0.39, 0.29) is 11.9 Å². The van der Waals surface area contributed by atoms with Gasteiger partial charge in [0.2, 0.25) is 5.91 Å². The smallest absolute Gasteiger partial charge is 0.244 e. The average Bonchev–Trinajstić information content (AvgIpc) is 2.74. The van der Waals surface area contributed by atoms with Crippen molar-refractivity contribution in [3.8, 4) is 0 Å². The van der Waals surface area contributed by atoms with Crippen LogP contribution in [0.5, 0.6) is 0 Å². The molecule has 1 unspecified atom stereocenters. The second-order valence-corrected chi connectivity index (χ2v) is 7.10. The lowest BCUT2D eigenvalue weighted by Crippen LogP contribution is -2.43. The lowest BCUT2D eigenvalue weighted by atomic mass is 9.97. The molecule has 2 aliphatic carbocycles. The zero-order valence-corrected chi connectivity index (χ0v) is 14.7. The van der Waals surface area contributed by atoms with Crippen LogP contribution in [0.4, 0.5) is 0 Å². The third kappa shape index (κ3) is 4.09. The molecule has 3 aliphatic rings. The Hall–Kier alpha value is -1.03. The zero-order chi connectivity index (χ0) is 16.2. The summed E-state index contributed by atoms with van der Waals surface area (Å²) in [6, 6.07) is -0.142. The van der Waals surface area contributed by atoms with E-state index in [0.29, 0.717) is 16.5 Å². The van der Waals surface area contributed by atoms with E-state index in [4.69, 9.17) is 23.2 Å². The van der Waals surface area contributed by atoms with Crippen molar-refractivity contribution in [2.75, 3.05) is 13.1 Å². The predicted molar refractivity (Wildman–Crippen MR) is 95.2 cm³/mol. The van der Waals surface area contributed by atoms with Gasteiger partial charge in [-0.05, 0) is 51.1 Å². The summed E-state index contributed by atoms with van der Waals surface area (Å²) < 4.78 is 0. The number of hydrogen-bond donors (Lipinski definition) is 1. The summed E-state index contributed by atoms with van der Waals surface area (Å²) in [6.45, 7) is 1.61. The molecule has 1 N–H and O–H groups in total. The molecule has 0 aromatic rings. The third-order valence-electron chi connectivity index (χ3n) is 4.58. The Morgan fingerprint density at radius 3 is 2.87 bits per heavy atom. The molecule has 1 amide bonds. The molecule has 124 valence electrons. The molecule has 0 aromatic carbocycles. The highest BCUT2D eigenvalue weighted by atomic mass is 35.5. The summed E-state index contributed by atoms with van der Waals surface area (Å²) in [5.74, 6) is 0.159. The van der Waals surface area contributed by atoms with E-state index < -0.39 is 0 Å². The van der Waals surface area contributed by atoms with Gasteiger partial charge in [-0.3, -0.25) is 4.79 Å². The van der Waals surface area contributed by atoms with Crippen molar-refractivity contribution in [2.45, 2.75) is 44.6 Å². The Kier molecular flexibility index (Phi) is 5.62. The van der Waals surface area contributed by atoms with Gasteiger partial charge in [-0.2, -0.15) is 0 Å². The van der Waals surface area contributed by atoms with Crippen LogP contribution in [-0.2, 0) is 4.79 Å². The Balaban J connectivity index is 1.76. The fraction of sp³-hybridized carbons (Fsp3) is 0.500. The normalized spacial score (nSPS) is 26.1. The highest BCUT2D eigenvalue weighted by Gasteiger charge is 2.30. The number of nitrogens with zero attached hydrogens (tertiary/aromatic N) is 1. The maximum Gasteiger partial charge on any atom is 0.244 e. The number of nitrogens with one attached hydrogen (secondary N) is 1. The van der Waals surface area contributed by atoms with Gasteiger partial charge >= 0.3 is 0 Å². The van der Waals surface area contributed by atoms with E-state index in [1.165, 1.54) is 5.57 Å². The van der Waals surface area contributed by atoms with Crippen molar-refractivity contribution in [1.29, 1.82) is 0 Å². The van der Waals surface area contributed by atoms with Gasteiger partial charge in [0.15, 0.2) is 0 Å². The second kappa shape index (κ2) is 7.69. The Labute approximate surface area is 147 Å². The van der Waals surface area contributed by atoms with Crippen LogP contribution in [0.2, 0.25) is 0 Å². The van der Waals surface area contributed by atoms with Gasteiger partial charge in [0.1, 0.15) is 0 Å². The standard InChI is InChI=1S/C18H22Cl2N2O/c19-15-8-7-14(12-16(15)20)22-10-4-9-21-17(18(22)23)11-13-5-2-1-3-6-13/h1-2,5,12,17,21H,3-4,6-11H2. The molecule has 1 fully saturated rings. The van der Waals surface area contributed by atoms with E-state index in [9.17, 15) is 4.79 Å². The van der Waals surface area contributed by atoms with Crippen molar-refractivity contribution in [3.05, 3.63) is 45.6 Å². The molecule has 1 heterocycles. The van der Waals surface area contributed by atoms with Gasteiger partial charge < -0.3 is 10.2 Å². The molecule has 23 heavy (non-hydrogen) atoms. The van der Waals surface area contributed by atoms with Crippen LogP contribution in [0.15, 0.2) is 45.6 Å². The van der Waals surface area contributed by atoms with Crippen LogP contribution in [0.3, 0.4) is 0 Å². The molecule has 0 bridgehead atoms. The second-order valence-electron chi connectivity index (χ2n) is 6.23. The molecule has 1 saturated heterocycles. The summed E-state index contributed by atoms with van der Waals surface area (Å²) in [6.07, 6.45) is 13.6. The minimum atomic E-state index is -0.142. The maximum absolute atomic E-state index is 13.0. The summed E-state index contributed by atoms with van der Waals surface area (Å²) in [7, 11) is 0. The molecule has 1 atom stereocenters. The van der Waals surface area contributed by atoms with Crippen molar-refractivity contribution in [3.63, 3.8) is 0 Å². The van der Waals surface area contributed by atoms with E-state index in [2.05, 4.69) is 23.5 Å². The van der Waals surface area contributed by atoms with Crippen LogP contribution < -0.4 is 5.32 Å². The summed E-state index contributed by atoms with van der Waals surface area (Å²) in [5.41, 5.74) is 2.34. The molecular weight excluding hydrogens is 331 g/mol. The van der Waals surface area contributed by atoms with E-state index in [1.54, 1.807) is 0 Å². The highest BCUT2D eigenvalue weighted by Crippen LogP contribution is 2.31. The Bertz CT molecular complexity index is 604. The predicted octanol–water partition coefficient (Wildman–Crippen LogP) is 4.21. The van der Waals surface area contributed by atoms with Gasteiger partial charge in [-0.15, -0.1) is 0 Å². The van der Waals surface area contributed by atoms with Crippen LogP contribution in [0.1, 0.15) is 38.5 Å². The van der Waals surface area contributed by atoms with Crippen LogP contribution >= 0.6 is 23.2 Å². The first-order valence-electron chi connectivity index (χ1n) is 8.29. The SMILES string of the molecule is O=C1C(CC2=CC=CCC2)NCCCN1C1=CC(Cl)=C(Cl)CC1. The number of carbonyl (C=O) groups is 1. The number of rotatable bonds is 3. The first-order valence-corrected chi connectivity index (χ1v) is 9.05. The van der Waals surface area contributed by atoms with E-state index in [0.717, 1.165) is 50.9 Å². The molecule has 1 aliphatic heterocycles. The van der Waals surface area contributed by atoms with E-state index in [1.807, 2.05) is 11.0 Å². The van der Waals surface area contributed by atoms with E-state index >= 15 is 0 Å². The number of hydrogen-bond acceptors (Lipinski definition) is 2. The summed E-state index contributed by atoms with van der Waals surface area (Å²) in [5, 5.41) is 4.66. The molecular formula is C18H22Cl2N2O. The molecule has 0 aromatic heterocycles. The summed E-state index contributed by atoms with van der Waals surface area (Å²) >= 11 is 12.2. The Morgan fingerprint density at radius 2 is 2.13 bits per heavy atom. The largest absolute Gasteiger partial charge is 0.315 e. The molecule has 0 saturated carbocycles. The molecule has 3 rings (SSSR count). The lowest BCUT2D eigenvalue weighted by molar-refractivity contribution is -0.130.